The molecule has 2 aromatic carbocycles. The molecule has 2 heterocycles. The van der Waals surface area contributed by atoms with Gasteiger partial charge in [-0.3, -0.25) is 4.79 Å². The first kappa shape index (κ1) is 21.5. The first-order chi connectivity index (χ1) is 15.6. The van der Waals surface area contributed by atoms with Gasteiger partial charge in [-0.15, -0.1) is 0 Å². The molecule has 3 aromatic rings. The molecule has 0 bridgehead atoms. The third-order valence-corrected chi connectivity index (χ3v) is 5.44. The van der Waals surface area contributed by atoms with E-state index >= 15 is 0 Å². The lowest BCUT2D eigenvalue weighted by molar-refractivity contribution is 0.0745. The Morgan fingerprint density at radius 2 is 1.94 bits per heavy atom. The van der Waals surface area contributed by atoms with Crippen LogP contribution in [0.5, 0.6) is 5.75 Å². The Balaban J connectivity index is 1.46. The number of aromatic nitrogens is 1. The summed E-state index contributed by atoms with van der Waals surface area (Å²) in [5.41, 5.74) is 1.66. The molecule has 8 heteroatoms. The van der Waals surface area contributed by atoms with Gasteiger partial charge in [0, 0.05) is 48.4 Å². The molecule has 1 amide bonds. The molecule has 0 atom stereocenters. The van der Waals surface area contributed by atoms with Crippen LogP contribution in [0.4, 0.5) is 5.88 Å². The van der Waals surface area contributed by atoms with Crippen molar-refractivity contribution in [1.82, 2.24) is 9.88 Å². The number of nitriles is 1. The highest BCUT2D eigenvalue weighted by Gasteiger charge is 2.26. The fourth-order valence-electron chi connectivity index (χ4n) is 3.57. The molecule has 0 aliphatic carbocycles. The highest BCUT2D eigenvalue weighted by atomic mass is 35.5. The minimum atomic E-state index is -0.0642. The Hall–Kier alpha value is -3.76. The van der Waals surface area contributed by atoms with Crippen LogP contribution in [0.2, 0.25) is 5.02 Å². The van der Waals surface area contributed by atoms with Crippen LogP contribution < -0.4 is 9.64 Å². The lowest BCUT2D eigenvalue weighted by Gasteiger charge is -2.34. The van der Waals surface area contributed by atoms with E-state index in [0.29, 0.717) is 48.5 Å². The molecule has 1 aromatic heterocycles. The highest BCUT2D eigenvalue weighted by Crippen LogP contribution is 2.26. The quantitative estimate of drug-likeness (QED) is 0.577. The Morgan fingerprint density at radius 1 is 1.16 bits per heavy atom. The number of amides is 1. The van der Waals surface area contributed by atoms with E-state index in [4.69, 9.17) is 20.8 Å². The second-order valence-corrected chi connectivity index (χ2v) is 7.62. The Labute approximate surface area is 191 Å². The van der Waals surface area contributed by atoms with Gasteiger partial charge < -0.3 is 19.0 Å². The van der Waals surface area contributed by atoms with Crippen molar-refractivity contribution in [3.8, 4) is 11.8 Å². The van der Waals surface area contributed by atoms with Crippen LogP contribution >= 0.6 is 11.6 Å². The largest absolute Gasteiger partial charge is 0.496 e. The van der Waals surface area contributed by atoms with Gasteiger partial charge in [0.1, 0.15) is 11.8 Å². The number of methoxy groups -OCH3 is 1. The molecule has 1 aliphatic heterocycles. The maximum atomic E-state index is 12.7. The lowest BCUT2D eigenvalue weighted by atomic mass is 10.2. The van der Waals surface area contributed by atoms with Crippen LogP contribution in [0.15, 0.2) is 52.9 Å². The normalized spacial score (nSPS) is 13.9. The Morgan fingerprint density at radius 3 is 2.66 bits per heavy atom. The van der Waals surface area contributed by atoms with Gasteiger partial charge in [-0.1, -0.05) is 35.9 Å². The van der Waals surface area contributed by atoms with Gasteiger partial charge in [-0.05, 0) is 30.3 Å². The van der Waals surface area contributed by atoms with E-state index in [1.54, 1.807) is 42.4 Å². The van der Waals surface area contributed by atoms with E-state index in [-0.39, 0.29) is 11.6 Å². The summed E-state index contributed by atoms with van der Waals surface area (Å²) in [6.07, 6.45) is 3.54. The van der Waals surface area contributed by atoms with Crippen molar-refractivity contribution in [1.29, 1.82) is 5.26 Å². The number of halogens is 1. The summed E-state index contributed by atoms with van der Waals surface area (Å²) in [4.78, 5) is 20.7. The number of nitrogens with zero attached hydrogens (tertiary/aromatic N) is 4. The SMILES string of the molecule is COc1ccccc1C=Cc1nc(C#N)c(N2CCN(C(=O)c3cccc(Cl)c3)CC2)o1. The van der Waals surface area contributed by atoms with Crippen molar-refractivity contribution in [2.75, 3.05) is 38.2 Å². The van der Waals surface area contributed by atoms with Crippen LogP contribution in [0.1, 0.15) is 27.5 Å². The number of rotatable bonds is 5. The minimum absolute atomic E-state index is 0.0642. The number of carbonyl (C=O) groups is 1. The highest BCUT2D eigenvalue weighted by molar-refractivity contribution is 6.30. The minimum Gasteiger partial charge on any atom is -0.496 e. The summed E-state index contributed by atoms with van der Waals surface area (Å²) in [6, 6.07) is 16.6. The standard InChI is InChI=1S/C24H21ClN4O3/c1-31-21-8-3-2-5-17(21)9-10-22-27-20(16-26)24(32-22)29-13-11-28(12-14-29)23(30)18-6-4-7-19(25)15-18/h2-10,15H,11-14H2,1H3. The van der Waals surface area contributed by atoms with Gasteiger partial charge in [0.05, 0.1) is 7.11 Å². The molecule has 0 saturated carbocycles. The van der Waals surface area contributed by atoms with Crippen molar-refractivity contribution in [2.24, 2.45) is 0 Å². The number of ether oxygens (including phenoxy) is 1. The average molecular weight is 449 g/mol. The number of hydrogen-bond donors (Lipinski definition) is 0. The zero-order valence-corrected chi connectivity index (χ0v) is 18.2. The van der Waals surface area contributed by atoms with E-state index in [2.05, 4.69) is 11.1 Å². The number of piperazine rings is 1. The van der Waals surface area contributed by atoms with Crippen molar-refractivity contribution in [2.45, 2.75) is 0 Å². The third kappa shape index (κ3) is 4.61. The molecule has 0 unspecified atom stereocenters. The van der Waals surface area contributed by atoms with Crippen molar-refractivity contribution in [3.63, 3.8) is 0 Å². The molecule has 0 radical (unpaired) electrons. The molecule has 7 nitrogen and oxygen atoms in total. The zero-order valence-electron chi connectivity index (χ0n) is 17.5. The number of oxazole rings is 1. The Kier molecular flexibility index (Phi) is 6.43. The van der Waals surface area contributed by atoms with Crippen LogP contribution in [0.3, 0.4) is 0 Å². The van der Waals surface area contributed by atoms with Crippen molar-refractivity contribution < 1.29 is 13.9 Å². The molecular formula is C24H21ClN4O3. The van der Waals surface area contributed by atoms with E-state index in [1.807, 2.05) is 35.2 Å². The summed E-state index contributed by atoms with van der Waals surface area (Å²) in [7, 11) is 1.61. The van der Waals surface area contributed by atoms with Gasteiger partial charge in [0.2, 0.25) is 17.5 Å². The molecule has 32 heavy (non-hydrogen) atoms. The monoisotopic (exact) mass is 448 g/mol. The number of carbonyl (C=O) groups excluding carboxylic acids is 1. The zero-order chi connectivity index (χ0) is 22.5. The molecule has 162 valence electrons. The second-order valence-electron chi connectivity index (χ2n) is 7.18. The van der Waals surface area contributed by atoms with Gasteiger partial charge in [-0.2, -0.15) is 10.2 Å². The fraction of sp³-hybridized carbons (Fsp3) is 0.208. The summed E-state index contributed by atoms with van der Waals surface area (Å²) in [5, 5.41) is 10.1. The third-order valence-electron chi connectivity index (χ3n) is 5.20. The van der Waals surface area contributed by atoms with E-state index < -0.39 is 0 Å². The molecular weight excluding hydrogens is 428 g/mol. The summed E-state index contributed by atoms with van der Waals surface area (Å²) in [6.45, 7) is 2.07. The van der Waals surface area contributed by atoms with Crippen LogP contribution in [0.25, 0.3) is 12.2 Å². The number of anilines is 1. The van der Waals surface area contributed by atoms with Crippen molar-refractivity contribution in [3.05, 3.63) is 76.3 Å². The molecule has 0 N–H and O–H groups in total. The number of para-hydroxylation sites is 1. The summed E-state index contributed by atoms with van der Waals surface area (Å²) >= 11 is 6.01. The lowest BCUT2D eigenvalue weighted by Crippen LogP contribution is -2.48. The predicted molar refractivity (Wildman–Crippen MR) is 123 cm³/mol. The summed E-state index contributed by atoms with van der Waals surface area (Å²) < 4.78 is 11.2. The van der Waals surface area contributed by atoms with Gasteiger partial charge in [-0.25, -0.2) is 0 Å². The van der Waals surface area contributed by atoms with Gasteiger partial charge in [0.15, 0.2) is 0 Å². The molecule has 0 spiro atoms. The topological polar surface area (TPSA) is 82.6 Å². The maximum Gasteiger partial charge on any atom is 0.254 e. The van der Waals surface area contributed by atoms with Crippen LogP contribution in [0, 0.1) is 11.3 Å². The smallest absolute Gasteiger partial charge is 0.254 e. The molecule has 1 fully saturated rings. The van der Waals surface area contributed by atoms with Crippen LogP contribution in [-0.4, -0.2) is 49.1 Å². The molecule has 1 saturated heterocycles. The van der Waals surface area contributed by atoms with Crippen LogP contribution in [-0.2, 0) is 0 Å². The molecule has 4 rings (SSSR count). The maximum absolute atomic E-state index is 12.7. The number of benzene rings is 2. The van der Waals surface area contributed by atoms with Crippen molar-refractivity contribution >= 4 is 35.5 Å². The van der Waals surface area contributed by atoms with E-state index in [0.717, 1.165) is 11.3 Å². The van der Waals surface area contributed by atoms with E-state index in [1.165, 1.54) is 0 Å². The summed E-state index contributed by atoms with van der Waals surface area (Å²) in [5.74, 6) is 1.42. The van der Waals surface area contributed by atoms with Gasteiger partial charge >= 0.3 is 0 Å². The average Bonchev–Trinajstić information content (AvgIpc) is 3.26. The number of hydrogen-bond acceptors (Lipinski definition) is 6. The second kappa shape index (κ2) is 9.58. The Bertz CT molecular complexity index is 1190. The molecule has 1 aliphatic rings. The predicted octanol–water partition coefficient (Wildman–Crippen LogP) is 4.34. The first-order valence-corrected chi connectivity index (χ1v) is 10.5. The van der Waals surface area contributed by atoms with Gasteiger partial charge in [0.25, 0.3) is 5.91 Å². The fourth-order valence-corrected chi connectivity index (χ4v) is 3.76. The first-order valence-electron chi connectivity index (χ1n) is 10.1. The van der Waals surface area contributed by atoms with E-state index in [9.17, 15) is 10.1 Å².